The van der Waals surface area contributed by atoms with Gasteiger partial charge in [0.2, 0.25) is 5.91 Å². The van der Waals surface area contributed by atoms with Gasteiger partial charge in [0.15, 0.2) is 0 Å². The molecule has 0 unspecified atom stereocenters. The van der Waals surface area contributed by atoms with Crippen LogP contribution in [0.25, 0.3) is 0 Å². The van der Waals surface area contributed by atoms with Gasteiger partial charge in [-0.1, -0.05) is 0 Å². The van der Waals surface area contributed by atoms with E-state index in [9.17, 15) is 4.79 Å². The lowest BCUT2D eigenvalue weighted by atomic mass is 10.2. The molecule has 0 saturated carbocycles. The Hall–Kier alpha value is -0.610. The lowest BCUT2D eigenvalue weighted by molar-refractivity contribution is -0.121. The molecule has 1 N–H and O–H groups in total. The van der Waals surface area contributed by atoms with Gasteiger partial charge in [0.25, 0.3) is 0 Å². The maximum Gasteiger partial charge on any atom is 0.234 e. The monoisotopic (exact) mass is 216 g/mol. The third-order valence-electron chi connectivity index (χ3n) is 1.64. The summed E-state index contributed by atoms with van der Waals surface area (Å²) in [5.74, 6) is 0.0655. The van der Waals surface area contributed by atoms with Crippen LogP contribution in [0.2, 0.25) is 0 Å². The van der Waals surface area contributed by atoms with Gasteiger partial charge in [-0.3, -0.25) is 4.79 Å². The van der Waals surface area contributed by atoms with Crippen molar-refractivity contribution in [2.45, 2.75) is 32.8 Å². The van der Waals surface area contributed by atoms with Gasteiger partial charge in [-0.25, -0.2) is 0 Å². The fourth-order valence-electron chi connectivity index (χ4n) is 1.02. The van der Waals surface area contributed by atoms with E-state index >= 15 is 0 Å². The summed E-state index contributed by atoms with van der Waals surface area (Å²) >= 11 is 0. The highest BCUT2D eigenvalue weighted by molar-refractivity contribution is 5.77. The molecule has 0 aromatic heterocycles. The number of hydrogen-bond acceptors (Lipinski definition) is 3. The molecule has 90 valence electrons. The van der Waals surface area contributed by atoms with E-state index in [2.05, 4.69) is 5.32 Å². The van der Waals surface area contributed by atoms with Crippen LogP contribution in [0.5, 0.6) is 0 Å². The van der Waals surface area contributed by atoms with Gasteiger partial charge in [-0.05, 0) is 41.3 Å². The Morgan fingerprint density at radius 1 is 1.33 bits per heavy atom. The fourth-order valence-corrected chi connectivity index (χ4v) is 1.02. The van der Waals surface area contributed by atoms with Crippen molar-refractivity contribution in [3.8, 4) is 0 Å². The summed E-state index contributed by atoms with van der Waals surface area (Å²) in [4.78, 5) is 13.1. The number of carbonyl (C=O) groups excluding carboxylic acids is 1. The molecule has 1 amide bonds. The van der Waals surface area contributed by atoms with Crippen molar-refractivity contribution >= 4 is 5.91 Å². The van der Waals surface area contributed by atoms with Crippen LogP contribution in [-0.4, -0.2) is 50.2 Å². The Balaban J connectivity index is 3.35. The predicted molar refractivity (Wildman–Crippen MR) is 61.9 cm³/mol. The van der Waals surface area contributed by atoms with Gasteiger partial charge >= 0.3 is 0 Å². The molecule has 0 aliphatic heterocycles. The third-order valence-corrected chi connectivity index (χ3v) is 1.64. The van der Waals surface area contributed by atoms with Gasteiger partial charge < -0.3 is 15.0 Å². The number of rotatable bonds is 6. The van der Waals surface area contributed by atoms with Crippen molar-refractivity contribution in [1.29, 1.82) is 0 Å². The molecule has 0 saturated heterocycles. The molecule has 4 heteroatoms. The van der Waals surface area contributed by atoms with Crippen molar-refractivity contribution in [2.75, 3.05) is 33.8 Å². The Bertz CT molecular complexity index is 186. The van der Waals surface area contributed by atoms with Crippen molar-refractivity contribution < 1.29 is 9.53 Å². The molecule has 0 aromatic rings. The number of amides is 1. The summed E-state index contributed by atoms with van der Waals surface area (Å²) in [5, 5.41) is 2.84. The standard InChI is InChI=1S/C11H24N2O2/c1-11(2,3)15-8-6-7-12-10(14)9-13(4)5/h6-9H2,1-5H3,(H,12,14). The Kier molecular flexibility index (Phi) is 6.52. The topological polar surface area (TPSA) is 41.6 Å². The van der Waals surface area contributed by atoms with Crippen molar-refractivity contribution in [3.63, 3.8) is 0 Å². The number of carbonyl (C=O) groups is 1. The molecular weight excluding hydrogens is 192 g/mol. The summed E-state index contributed by atoms with van der Waals surface area (Å²) < 4.78 is 5.53. The van der Waals surface area contributed by atoms with Gasteiger partial charge in [0.1, 0.15) is 0 Å². The molecule has 15 heavy (non-hydrogen) atoms. The highest BCUT2D eigenvalue weighted by Crippen LogP contribution is 2.06. The van der Waals surface area contributed by atoms with Crippen molar-refractivity contribution in [2.24, 2.45) is 0 Å². The average Bonchev–Trinajstić information content (AvgIpc) is 1.99. The van der Waals surface area contributed by atoms with Gasteiger partial charge in [0.05, 0.1) is 12.1 Å². The van der Waals surface area contributed by atoms with E-state index in [0.29, 0.717) is 19.7 Å². The molecule has 0 atom stereocenters. The van der Waals surface area contributed by atoms with E-state index in [1.54, 1.807) is 0 Å². The molecule has 0 fully saturated rings. The zero-order valence-electron chi connectivity index (χ0n) is 10.6. The van der Waals surface area contributed by atoms with E-state index in [0.717, 1.165) is 6.42 Å². The highest BCUT2D eigenvalue weighted by Gasteiger charge is 2.09. The molecule has 0 aromatic carbocycles. The minimum absolute atomic E-state index is 0.0655. The summed E-state index contributed by atoms with van der Waals surface area (Å²) in [7, 11) is 3.75. The van der Waals surface area contributed by atoms with Gasteiger partial charge in [-0.2, -0.15) is 0 Å². The van der Waals surface area contributed by atoms with E-state index in [-0.39, 0.29) is 11.5 Å². The zero-order valence-corrected chi connectivity index (χ0v) is 10.6. The fraction of sp³-hybridized carbons (Fsp3) is 0.909. The number of ether oxygens (including phenoxy) is 1. The maximum absolute atomic E-state index is 11.2. The smallest absolute Gasteiger partial charge is 0.234 e. The largest absolute Gasteiger partial charge is 0.376 e. The predicted octanol–water partition coefficient (Wildman–Crippen LogP) is 0.869. The number of likely N-dealkylation sites (N-methyl/N-ethyl adjacent to an activating group) is 1. The minimum atomic E-state index is -0.0896. The van der Waals surface area contributed by atoms with Crippen LogP contribution in [0.15, 0.2) is 0 Å². The summed E-state index contributed by atoms with van der Waals surface area (Å²) in [6.07, 6.45) is 0.858. The molecule has 0 aliphatic rings. The van der Waals surface area contributed by atoms with Gasteiger partial charge in [0, 0.05) is 13.2 Å². The van der Waals surface area contributed by atoms with E-state index in [1.165, 1.54) is 0 Å². The summed E-state index contributed by atoms with van der Waals surface area (Å²) in [5.41, 5.74) is -0.0896. The lowest BCUT2D eigenvalue weighted by Crippen LogP contribution is -2.34. The summed E-state index contributed by atoms with van der Waals surface area (Å²) in [6.45, 7) is 7.89. The first-order chi connectivity index (χ1) is 6.81. The second-order valence-electron chi connectivity index (χ2n) is 4.90. The van der Waals surface area contributed by atoms with Crippen LogP contribution in [0.1, 0.15) is 27.2 Å². The van der Waals surface area contributed by atoms with E-state index in [1.807, 2.05) is 39.8 Å². The van der Waals surface area contributed by atoms with E-state index < -0.39 is 0 Å². The normalized spacial score (nSPS) is 11.9. The van der Waals surface area contributed by atoms with Crippen LogP contribution in [0.3, 0.4) is 0 Å². The second-order valence-corrected chi connectivity index (χ2v) is 4.90. The van der Waals surface area contributed by atoms with E-state index in [4.69, 9.17) is 4.74 Å². The second kappa shape index (κ2) is 6.80. The van der Waals surface area contributed by atoms with Crippen molar-refractivity contribution in [1.82, 2.24) is 10.2 Å². The minimum Gasteiger partial charge on any atom is -0.376 e. The van der Waals surface area contributed by atoms with Crippen molar-refractivity contribution in [3.05, 3.63) is 0 Å². The highest BCUT2D eigenvalue weighted by atomic mass is 16.5. The number of hydrogen-bond donors (Lipinski definition) is 1. The molecule has 4 nitrogen and oxygen atoms in total. The molecule has 0 rings (SSSR count). The van der Waals surface area contributed by atoms with Crippen LogP contribution >= 0.6 is 0 Å². The Morgan fingerprint density at radius 2 is 1.93 bits per heavy atom. The quantitative estimate of drug-likeness (QED) is 0.670. The first-order valence-electron chi connectivity index (χ1n) is 5.36. The molecule has 0 spiro atoms. The number of nitrogens with zero attached hydrogens (tertiary/aromatic N) is 1. The van der Waals surface area contributed by atoms with Crippen LogP contribution in [-0.2, 0) is 9.53 Å². The molecule has 0 radical (unpaired) electrons. The number of nitrogens with one attached hydrogen (secondary N) is 1. The van der Waals surface area contributed by atoms with Crippen LogP contribution in [0, 0.1) is 0 Å². The maximum atomic E-state index is 11.2. The third kappa shape index (κ3) is 11.3. The Morgan fingerprint density at radius 3 is 2.40 bits per heavy atom. The molecular formula is C11H24N2O2. The summed E-state index contributed by atoms with van der Waals surface area (Å²) in [6, 6.07) is 0. The molecule has 0 heterocycles. The zero-order chi connectivity index (χ0) is 11.9. The average molecular weight is 216 g/mol. The SMILES string of the molecule is CN(C)CC(=O)NCCCOC(C)(C)C. The van der Waals surface area contributed by atoms with Crippen LogP contribution in [0.4, 0.5) is 0 Å². The molecule has 0 bridgehead atoms. The van der Waals surface area contributed by atoms with Gasteiger partial charge in [-0.15, -0.1) is 0 Å². The lowest BCUT2D eigenvalue weighted by Gasteiger charge is -2.19. The first-order valence-corrected chi connectivity index (χ1v) is 5.36. The van der Waals surface area contributed by atoms with Crippen LogP contribution < -0.4 is 5.32 Å². The molecule has 0 aliphatic carbocycles. The Labute approximate surface area is 93.0 Å². The first kappa shape index (κ1) is 14.4.